The van der Waals surface area contributed by atoms with Crippen molar-refractivity contribution in [2.24, 2.45) is 0 Å². The lowest BCUT2D eigenvalue weighted by atomic mass is 10.2. The first-order valence-electron chi connectivity index (χ1n) is 6.87. The summed E-state index contributed by atoms with van der Waals surface area (Å²) in [5.41, 5.74) is 0.961. The van der Waals surface area contributed by atoms with Gasteiger partial charge in [0.2, 0.25) is 0 Å². The molecule has 1 aromatic carbocycles. The lowest BCUT2D eigenvalue weighted by Gasteiger charge is -2.07. The minimum atomic E-state index is -0.419. The molecule has 1 heterocycles. The minimum absolute atomic E-state index is 0.0817. The van der Waals surface area contributed by atoms with E-state index in [4.69, 9.17) is 9.47 Å². The third-order valence-corrected chi connectivity index (χ3v) is 2.68. The van der Waals surface area contributed by atoms with Crippen LogP contribution in [0, 0.1) is 0 Å². The molecule has 0 aromatic heterocycles. The Hall–Kier alpha value is -2.04. The summed E-state index contributed by atoms with van der Waals surface area (Å²) in [6, 6.07) is 9.43. The highest BCUT2D eigenvalue weighted by atomic mass is 16.6. The van der Waals surface area contributed by atoms with Gasteiger partial charge in [-0.25, -0.2) is 4.79 Å². The minimum Gasteiger partial charge on any atom is -0.461 e. The van der Waals surface area contributed by atoms with Crippen LogP contribution in [0.3, 0.4) is 0 Å². The fourth-order valence-electron chi connectivity index (χ4n) is 1.68. The zero-order chi connectivity index (χ0) is 14.8. The van der Waals surface area contributed by atoms with E-state index in [-0.39, 0.29) is 25.0 Å². The van der Waals surface area contributed by atoms with E-state index in [1.54, 1.807) is 0 Å². The number of hydrogen-bond acceptors (Lipinski definition) is 4. The van der Waals surface area contributed by atoms with Gasteiger partial charge in [-0.15, -0.1) is 0 Å². The van der Waals surface area contributed by atoms with E-state index in [9.17, 15) is 9.59 Å². The quantitative estimate of drug-likeness (QED) is 0.842. The van der Waals surface area contributed by atoms with Gasteiger partial charge in [0, 0.05) is 6.42 Å². The van der Waals surface area contributed by atoms with Gasteiger partial charge in [0.1, 0.15) is 13.2 Å². The third-order valence-electron chi connectivity index (χ3n) is 2.68. The molecule has 110 valence electrons. The SMILES string of the molecule is CC.O=C(CCC1COC(=O)N1)OCc1ccccc1. The number of carbonyl (C=O) groups is 2. The zero-order valence-corrected chi connectivity index (χ0v) is 11.9. The average molecular weight is 279 g/mol. The van der Waals surface area contributed by atoms with Gasteiger partial charge >= 0.3 is 12.1 Å². The maximum atomic E-state index is 11.5. The molecular weight excluding hydrogens is 258 g/mol. The van der Waals surface area contributed by atoms with Crippen molar-refractivity contribution in [3.8, 4) is 0 Å². The molecule has 1 aliphatic heterocycles. The Morgan fingerprint density at radius 3 is 2.65 bits per heavy atom. The van der Waals surface area contributed by atoms with Gasteiger partial charge in [-0.3, -0.25) is 4.79 Å². The Morgan fingerprint density at radius 2 is 2.05 bits per heavy atom. The van der Waals surface area contributed by atoms with Crippen LogP contribution < -0.4 is 5.32 Å². The van der Waals surface area contributed by atoms with Crippen LogP contribution in [0.15, 0.2) is 30.3 Å². The molecule has 1 amide bonds. The van der Waals surface area contributed by atoms with Crippen molar-refractivity contribution >= 4 is 12.1 Å². The second-order valence-corrected chi connectivity index (χ2v) is 4.12. The zero-order valence-electron chi connectivity index (χ0n) is 11.9. The summed E-state index contributed by atoms with van der Waals surface area (Å²) in [4.78, 5) is 22.2. The van der Waals surface area contributed by atoms with E-state index in [2.05, 4.69) is 5.32 Å². The molecule has 1 N–H and O–H groups in total. The Morgan fingerprint density at radius 1 is 1.35 bits per heavy atom. The summed E-state index contributed by atoms with van der Waals surface area (Å²) in [6.07, 6.45) is 0.401. The number of benzene rings is 1. The van der Waals surface area contributed by atoms with Crippen LogP contribution in [0.2, 0.25) is 0 Å². The largest absolute Gasteiger partial charge is 0.461 e. The summed E-state index contributed by atoms with van der Waals surface area (Å²) in [5, 5.41) is 2.61. The van der Waals surface area contributed by atoms with E-state index < -0.39 is 6.09 Å². The van der Waals surface area contributed by atoms with Crippen LogP contribution in [0.1, 0.15) is 32.3 Å². The Labute approximate surface area is 119 Å². The first-order chi connectivity index (χ1) is 9.74. The normalized spacial score (nSPS) is 16.5. The standard InChI is InChI=1S/C13H15NO4.C2H6/c15-12(7-6-11-9-18-13(16)14-11)17-8-10-4-2-1-3-5-10;1-2/h1-5,11H,6-9H2,(H,14,16);1-2H3. The topological polar surface area (TPSA) is 64.6 Å². The van der Waals surface area contributed by atoms with Crippen molar-refractivity contribution in [1.29, 1.82) is 0 Å². The van der Waals surface area contributed by atoms with E-state index >= 15 is 0 Å². The predicted molar refractivity (Wildman–Crippen MR) is 75.1 cm³/mol. The van der Waals surface area contributed by atoms with Crippen LogP contribution in [-0.4, -0.2) is 24.7 Å². The van der Waals surface area contributed by atoms with Crippen molar-refractivity contribution < 1.29 is 19.1 Å². The second-order valence-electron chi connectivity index (χ2n) is 4.12. The lowest BCUT2D eigenvalue weighted by Crippen LogP contribution is -2.26. The van der Waals surface area contributed by atoms with Gasteiger partial charge in [0.25, 0.3) is 0 Å². The number of nitrogens with one attached hydrogen (secondary N) is 1. The van der Waals surface area contributed by atoms with Crippen molar-refractivity contribution in [3.63, 3.8) is 0 Å². The van der Waals surface area contributed by atoms with Gasteiger partial charge in [0.15, 0.2) is 0 Å². The fourth-order valence-corrected chi connectivity index (χ4v) is 1.68. The maximum absolute atomic E-state index is 11.5. The average Bonchev–Trinajstić information content (AvgIpc) is 2.92. The van der Waals surface area contributed by atoms with Crippen LogP contribution in [-0.2, 0) is 20.9 Å². The summed E-state index contributed by atoms with van der Waals surface area (Å²) in [7, 11) is 0. The molecule has 1 aliphatic rings. The van der Waals surface area contributed by atoms with Gasteiger partial charge in [0.05, 0.1) is 6.04 Å². The van der Waals surface area contributed by atoms with Crippen LogP contribution in [0.4, 0.5) is 4.79 Å². The van der Waals surface area contributed by atoms with Crippen LogP contribution in [0.25, 0.3) is 0 Å². The highest BCUT2D eigenvalue weighted by Gasteiger charge is 2.22. The smallest absolute Gasteiger partial charge is 0.407 e. The van der Waals surface area contributed by atoms with Crippen LogP contribution >= 0.6 is 0 Å². The van der Waals surface area contributed by atoms with E-state index in [1.165, 1.54) is 0 Å². The molecule has 1 saturated heterocycles. The molecule has 20 heavy (non-hydrogen) atoms. The van der Waals surface area contributed by atoms with Gasteiger partial charge in [-0.1, -0.05) is 44.2 Å². The van der Waals surface area contributed by atoms with Crippen molar-refractivity contribution in [2.45, 2.75) is 39.3 Å². The molecule has 1 atom stereocenters. The number of amides is 1. The number of carbonyl (C=O) groups excluding carboxylic acids is 2. The molecular formula is C15H21NO4. The molecule has 1 fully saturated rings. The van der Waals surface area contributed by atoms with Crippen molar-refractivity contribution in [1.82, 2.24) is 5.32 Å². The first kappa shape index (κ1) is 16.0. The van der Waals surface area contributed by atoms with Gasteiger partial charge in [-0.05, 0) is 12.0 Å². The molecule has 1 aromatic rings. The van der Waals surface area contributed by atoms with Crippen molar-refractivity contribution in [2.75, 3.05) is 6.61 Å². The number of rotatable bonds is 5. The molecule has 0 radical (unpaired) electrons. The number of cyclic esters (lactones) is 1. The maximum Gasteiger partial charge on any atom is 0.407 e. The number of esters is 1. The predicted octanol–water partition coefficient (Wildman–Crippen LogP) is 2.64. The van der Waals surface area contributed by atoms with E-state index in [1.807, 2.05) is 44.2 Å². The Balaban J connectivity index is 0.000000956. The van der Waals surface area contributed by atoms with E-state index in [0.717, 1.165) is 5.56 Å². The lowest BCUT2D eigenvalue weighted by molar-refractivity contribution is -0.145. The van der Waals surface area contributed by atoms with Gasteiger partial charge in [-0.2, -0.15) is 0 Å². The fraction of sp³-hybridized carbons (Fsp3) is 0.467. The second kappa shape index (κ2) is 8.96. The number of alkyl carbamates (subject to hydrolysis) is 1. The molecule has 0 aliphatic carbocycles. The van der Waals surface area contributed by atoms with E-state index in [0.29, 0.717) is 13.0 Å². The van der Waals surface area contributed by atoms with Crippen molar-refractivity contribution in [3.05, 3.63) is 35.9 Å². The molecule has 2 rings (SSSR count). The molecule has 5 heteroatoms. The summed E-state index contributed by atoms with van der Waals surface area (Å²) in [6.45, 7) is 4.61. The summed E-state index contributed by atoms with van der Waals surface area (Å²) >= 11 is 0. The van der Waals surface area contributed by atoms with Gasteiger partial charge < -0.3 is 14.8 Å². The third kappa shape index (κ3) is 5.73. The molecule has 0 saturated carbocycles. The molecule has 1 unspecified atom stereocenters. The summed E-state index contributed by atoms with van der Waals surface area (Å²) < 4.78 is 9.85. The molecule has 0 bridgehead atoms. The first-order valence-corrected chi connectivity index (χ1v) is 6.87. The Bertz CT molecular complexity index is 419. The molecule has 5 nitrogen and oxygen atoms in total. The number of ether oxygens (including phenoxy) is 2. The Kier molecular flexibility index (Phi) is 7.17. The monoisotopic (exact) mass is 279 g/mol. The highest BCUT2D eigenvalue weighted by molar-refractivity contribution is 5.71. The molecule has 0 spiro atoms. The van der Waals surface area contributed by atoms with Crippen LogP contribution in [0.5, 0.6) is 0 Å². The summed E-state index contributed by atoms with van der Waals surface area (Å²) in [5.74, 6) is -0.264. The number of hydrogen-bond donors (Lipinski definition) is 1. The highest BCUT2D eigenvalue weighted by Crippen LogP contribution is 2.07.